The number of aromatic carboxylic acids is 1. The number of nitrogens with zero attached hydrogens (tertiary/aromatic N) is 1. The van der Waals surface area contributed by atoms with Crippen molar-refractivity contribution in [2.45, 2.75) is 0 Å². The smallest absolute Gasteiger partial charge is 0.337 e. The molecule has 0 radical (unpaired) electrons. The van der Waals surface area contributed by atoms with E-state index < -0.39 is 11.8 Å². The van der Waals surface area contributed by atoms with Crippen molar-refractivity contribution in [2.24, 2.45) is 0 Å². The molecule has 0 aliphatic heterocycles. The van der Waals surface area contributed by atoms with Gasteiger partial charge in [0.15, 0.2) is 5.82 Å². The van der Waals surface area contributed by atoms with Gasteiger partial charge in [-0.1, -0.05) is 53.5 Å². The summed E-state index contributed by atoms with van der Waals surface area (Å²) in [7, 11) is 0. The Balaban J connectivity index is 2.16. The van der Waals surface area contributed by atoms with E-state index in [1.807, 2.05) is 0 Å². The molecular formula is C23H15Cl2FN2O2. The van der Waals surface area contributed by atoms with Gasteiger partial charge in [0.2, 0.25) is 0 Å². The van der Waals surface area contributed by atoms with Gasteiger partial charge < -0.3 is 15.4 Å². The maximum absolute atomic E-state index is 15.1. The first-order valence-electron chi connectivity index (χ1n) is 8.92. The molecule has 0 aliphatic rings. The number of hydrogen-bond donors (Lipinski definition) is 2. The number of rotatable bonds is 4. The van der Waals surface area contributed by atoms with E-state index in [-0.39, 0.29) is 22.0 Å². The zero-order chi connectivity index (χ0) is 21.4. The lowest BCUT2D eigenvalue weighted by Gasteiger charge is -2.16. The lowest BCUT2D eigenvalue weighted by Crippen LogP contribution is -2.05. The summed E-state index contributed by atoms with van der Waals surface area (Å²) in [5.74, 6) is -1.82. The predicted octanol–water partition coefficient (Wildman–Crippen LogP) is 6.54. The SMILES string of the molecule is Nc1cccc(-c2cc(C(=O)O)c(-c3cccc(Cl)c3)n2-c2cccc(Cl)c2F)c1. The van der Waals surface area contributed by atoms with Crippen LogP contribution in [-0.4, -0.2) is 15.6 Å². The Hall–Kier alpha value is -3.28. The van der Waals surface area contributed by atoms with Gasteiger partial charge in [-0.25, -0.2) is 9.18 Å². The Bertz CT molecular complexity index is 1280. The third-order valence-corrected chi connectivity index (χ3v) is 5.21. The zero-order valence-electron chi connectivity index (χ0n) is 15.4. The predicted molar refractivity (Wildman–Crippen MR) is 118 cm³/mol. The molecule has 1 aromatic heterocycles. The molecule has 3 aromatic carbocycles. The topological polar surface area (TPSA) is 68.2 Å². The largest absolute Gasteiger partial charge is 0.478 e. The van der Waals surface area contributed by atoms with E-state index in [1.54, 1.807) is 54.6 Å². The summed E-state index contributed by atoms with van der Waals surface area (Å²) in [6, 6.07) is 19.7. The Morgan fingerprint density at radius 1 is 0.933 bits per heavy atom. The van der Waals surface area contributed by atoms with E-state index in [4.69, 9.17) is 28.9 Å². The van der Waals surface area contributed by atoms with Crippen molar-refractivity contribution < 1.29 is 14.3 Å². The van der Waals surface area contributed by atoms with Crippen LogP contribution in [0.1, 0.15) is 10.4 Å². The van der Waals surface area contributed by atoms with Crippen LogP contribution in [0.3, 0.4) is 0 Å². The van der Waals surface area contributed by atoms with Gasteiger partial charge in [0.25, 0.3) is 0 Å². The lowest BCUT2D eigenvalue weighted by atomic mass is 10.1. The van der Waals surface area contributed by atoms with Gasteiger partial charge in [0.05, 0.1) is 27.7 Å². The molecule has 0 atom stereocenters. The van der Waals surface area contributed by atoms with E-state index in [2.05, 4.69) is 0 Å². The summed E-state index contributed by atoms with van der Waals surface area (Å²) < 4.78 is 16.6. The number of anilines is 1. The molecule has 3 N–H and O–H groups in total. The van der Waals surface area contributed by atoms with Gasteiger partial charge in [-0.3, -0.25) is 0 Å². The fourth-order valence-electron chi connectivity index (χ4n) is 3.42. The minimum Gasteiger partial charge on any atom is -0.478 e. The molecule has 4 rings (SSSR count). The number of carboxylic acid groups (broad SMARTS) is 1. The summed E-state index contributed by atoms with van der Waals surface area (Å²) in [5, 5.41) is 10.3. The highest BCUT2D eigenvalue weighted by Gasteiger charge is 2.25. The molecule has 4 aromatic rings. The van der Waals surface area contributed by atoms with Crippen LogP contribution in [0.15, 0.2) is 72.8 Å². The number of halogens is 3. The minimum absolute atomic E-state index is 0.00549. The highest BCUT2D eigenvalue weighted by molar-refractivity contribution is 6.31. The molecule has 0 aliphatic carbocycles. The second kappa shape index (κ2) is 7.86. The van der Waals surface area contributed by atoms with Gasteiger partial charge in [0, 0.05) is 21.8 Å². The first-order valence-corrected chi connectivity index (χ1v) is 9.67. The van der Waals surface area contributed by atoms with Crippen LogP contribution in [0.5, 0.6) is 0 Å². The average Bonchev–Trinajstić information content (AvgIpc) is 3.11. The van der Waals surface area contributed by atoms with Crippen molar-refractivity contribution in [3.05, 3.63) is 94.2 Å². The van der Waals surface area contributed by atoms with Crippen molar-refractivity contribution in [1.82, 2.24) is 4.57 Å². The zero-order valence-corrected chi connectivity index (χ0v) is 17.0. The molecule has 7 heteroatoms. The quantitative estimate of drug-likeness (QED) is 0.354. The number of benzene rings is 3. The number of aromatic nitrogens is 1. The molecule has 0 saturated heterocycles. The number of nitrogens with two attached hydrogens (primary N) is 1. The summed E-state index contributed by atoms with van der Waals surface area (Å²) in [4.78, 5) is 12.1. The highest BCUT2D eigenvalue weighted by atomic mass is 35.5. The highest BCUT2D eigenvalue weighted by Crippen LogP contribution is 2.38. The Labute approximate surface area is 181 Å². The van der Waals surface area contributed by atoms with E-state index in [0.717, 1.165) is 0 Å². The third-order valence-electron chi connectivity index (χ3n) is 4.68. The van der Waals surface area contributed by atoms with Gasteiger partial charge in [-0.15, -0.1) is 0 Å². The third kappa shape index (κ3) is 3.54. The molecule has 150 valence electrons. The Kier molecular flexibility index (Phi) is 5.24. The van der Waals surface area contributed by atoms with E-state index in [0.29, 0.717) is 27.5 Å². The molecule has 0 unspecified atom stereocenters. The van der Waals surface area contributed by atoms with Crippen molar-refractivity contribution in [3.63, 3.8) is 0 Å². The first kappa shape index (κ1) is 20.0. The van der Waals surface area contributed by atoms with Crippen LogP contribution < -0.4 is 5.73 Å². The van der Waals surface area contributed by atoms with Crippen molar-refractivity contribution >= 4 is 34.9 Å². The maximum Gasteiger partial charge on any atom is 0.337 e. The molecule has 30 heavy (non-hydrogen) atoms. The van der Waals surface area contributed by atoms with Crippen LogP contribution in [0.2, 0.25) is 10.0 Å². The molecular weight excluding hydrogens is 426 g/mol. The molecule has 1 heterocycles. The summed E-state index contributed by atoms with van der Waals surface area (Å²) in [5.41, 5.74) is 8.43. The standard InChI is InChI=1S/C23H15Cl2FN2O2/c24-15-6-1-5-14(10-15)22-17(23(29)30)12-20(13-4-2-7-16(27)11-13)28(22)19-9-3-8-18(25)21(19)26/h1-12H,27H2,(H,29,30). The normalized spacial score (nSPS) is 10.9. The molecule has 4 nitrogen and oxygen atoms in total. The number of carboxylic acids is 1. The molecule has 0 saturated carbocycles. The number of carbonyl (C=O) groups is 1. The van der Waals surface area contributed by atoms with E-state index in [1.165, 1.54) is 22.8 Å². The van der Waals surface area contributed by atoms with Gasteiger partial charge in [0.1, 0.15) is 0 Å². The minimum atomic E-state index is -1.16. The molecule has 0 amide bonds. The molecule has 0 bridgehead atoms. The van der Waals surface area contributed by atoms with Crippen molar-refractivity contribution in [3.8, 4) is 28.2 Å². The van der Waals surface area contributed by atoms with Gasteiger partial charge in [-0.2, -0.15) is 0 Å². The van der Waals surface area contributed by atoms with E-state index in [9.17, 15) is 9.90 Å². The van der Waals surface area contributed by atoms with Crippen LogP contribution in [0.4, 0.5) is 10.1 Å². The van der Waals surface area contributed by atoms with Gasteiger partial charge in [-0.05, 0) is 42.5 Å². The van der Waals surface area contributed by atoms with Crippen molar-refractivity contribution in [2.75, 3.05) is 5.73 Å². The monoisotopic (exact) mass is 440 g/mol. The van der Waals surface area contributed by atoms with E-state index >= 15 is 4.39 Å². The second-order valence-electron chi connectivity index (χ2n) is 6.64. The molecule has 0 fully saturated rings. The molecule has 0 spiro atoms. The second-order valence-corrected chi connectivity index (χ2v) is 7.48. The average molecular weight is 441 g/mol. The number of nitrogen functional groups attached to an aromatic ring is 1. The summed E-state index contributed by atoms with van der Waals surface area (Å²) >= 11 is 12.2. The Morgan fingerprint density at radius 3 is 2.33 bits per heavy atom. The summed E-state index contributed by atoms with van der Waals surface area (Å²) in [6.45, 7) is 0. The van der Waals surface area contributed by atoms with Gasteiger partial charge >= 0.3 is 5.97 Å². The van der Waals surface area contributed by atoms with Crippen LogP contribution in [0.25, 0.3) is 28.2 Å². The van der Waals surface area contributed by atoms with Crippen LogP contribution >= 0.6 is 23.2 Å². The summed E-state index contributed by atoms with van der Waals surface area (Å²) in [6.07, 6.45) is 0. The Morgan fingerprint density at radius 2 is 1.63 bits per heavy atom. The maximum atomic E-state index is 15.1. The van der Waals surface area contributed by atoms with Crippen LogP contribution in [-0.2, 0) is 0 Å². The first-order chi connectivity index (χ1) is 14.4. The van der Waals surface area contributed by atoms with Crippen LogP contribution in [0, 0.1) is 5.82 Å². The fourth-order valence-corrected chi connectivity index (χ4v) is 3.78. The lowest BCUT2D eigenvalue weighted by molar-refractivity contribution is 0.0698. The fraction of sp³-hybridized carbons (Fsp3) is 0. The number of hydrogen-bond acceptors (Lipinski definition) is 2. The van der Waals surface area contributed by atoms with Crippen molar-refractivity contribution in [1.29, 1.82) is 0 Å².